The third-order valence-corrected chi connectivity index (χ3v) is 4.52. The summed E-state index contributed by atoms with van der Waals surface area (Å²) in [5, 5.41) is 0. The average molecular weight is 337 g/mol. The van der Waals surface area contributed by atoms with Crippen LogP contribution < -0.4 is 0 Å². The lowest BCUT2D eigenvalue weighted by molar-refractivity contribution is 0.0527. The molecule has 1 aromatic heterocycles. The summed E-state index contributed by atoms with van der Waals surface area (Å²) < 4.78 is 5.21. The zero-order valence-electron chi connectivity index (χ0n) is 13.7. The van der Waals surface area contributed by atoms with Crippen molar-refractivity contribution in [2.45, 2.75) is 11.8 Å². The number of rotatable bonds is 5. The van der Waals surface area contributed by atoms with E-state index < -0.39 is 0 Å². The van der Waals surface area contributed by atoms with Gasteiger partial charge in [-0.1, -0.05) is 42.5 Å². The molecule has 2 aromatic carbocycles. The lowest BCUT2D eigenvalue weighted by Crippen LogP contribution is -2.04. The van der Waals surface area contributed by atoms with Gasteiger partial charge in [-0.25, -0.2) is 4.79 Å². The van der Waals surface area contributed by atoms with Crippen molar-refractivity contribution in [2.75, 3.05) is 12.9 Å². The van der Waals surface area contributed by atoms with E-state index in [1.807, 2.05) is 43.3 Å². The second-order valence-electron chi connectivity index (χ2n) is 5.29. The number of carbonyl (C=O) groups is 1. The summed E-state index contributed by atoms with van der Waals surface area (Å²) in [4.78, 5) is 16.9. The predicted octanol–water partition coefficient (Wildman–Crippen LogP) is 5.25. The molecule has 1 heterocycles. The van der Waals surface area contributed by atoms with Gasteiger partial charge in [0, 0.05) is 10.6 Å². The van der Waals surface area contributed by atoms with Gasteiger partial charge in [0.2, 0.25) is 0 Å². The van der Waals surface area contributed by atoms with Crippen LogP contribution in [0.4, 0.5) is 0 Å². The first-order chi connectivity index (χ1) is 11.7. The third kappa shape index (κ3) is 3.39. The number of hydrogen-bond donors (Lipinski definition) is 1. The molecule has 0 amide bonds. The molecule has 0 atom stereocenters. The highest BCUT2D eigenvalue weighted by Crippen LogP contribution is 2.30. The molecule has 0 aliphatic heterocycles. The monoisotopic (exact) mass is 337 g/mol. The van der Waals surface area contributed by atoms with Crippen LogP contribution in [0.5, 0.6) is 0 Å². The second kappa shape index (κ2) is 7.41. The highest BCUT2D eigenvalue weighted by atomic mass is 32.2. The van der Waals surface area contributed by atoms with Crippen LogP contribution in [-0.4, -0.2) is 23.8 Å². The van der Waals surface area contributed by atoms with Gasteiger partial charge in [0.1, 0.15) is 0 Å². The van der Waals surface area contributed by atoms with Gasteiger partial charge in [0.05, 0.1) is 17.9 Å². The molecule has 0 spiro atoms. The van der Waals surface area contributed by atoms with E-state index in [0.29, 0.717) is 12.2 Å². The maximum atomic E-state index is 12.3. The molecular weight excluding hydrogens is 318 g/mol. The SMILES string of the molecule is CCOC(=O)c1cc(-c2ccc(SC)cc2)[nH]c1-c1ccccc1. The number of aromatic amines is 1. The number of ether oxygens (including phenoxy) is 1. The summed E-state index contributed by atoms with van der Waals surface area (Å²) >= 11 is 1.71. The van der Waals surface area contributed by atoms with E-state index in [2.05, 4.69) is 35.5 Å². The number of thioether (sulfide) groups is 1. The quantitative estimate of drug-likeness (QED) is 0.511. The molecule has 3 aromatic rings. The molecule has 0 aliphatic rings. The summed E-state index contributed by atoms with van der Waals surface area (Å²) in [5.41, 5.74) is 4.27. The lowest BCUT2D eigenvalue weighted by Gasteiger charge is -2.04. The van der Waals surface area contributed by atoms with E-state index in [4.69, 9.17) is 4.74 Å². The van der Waals surface area contributed by atoms with Gasteiger partial charge in [0.25, 0.3) is 0 Å². The van der Waals surface area contributed by atoms with Crippen molar-refractivity contribution in [2.24, 2.45) is 0 Å². The molecule has 0 saturated heterocycles. The molecule has 0 bridgehead atoms. The number of hydrogen-bond acceptors (Lipinski definition) is 3. The third-order valence-electron chi connectivity index (χ3n) is 3.78. The highest BCUT2D eigenvalue weighted by molar-refractivity contribution is 7.98. The molecule has 0 fully saturated rings. The number of aromatic nitrogens is 1. The number of esters is 1. The summed E-state index contributed by atoms with van der Waals surface area (Å²) in [5.74, 6) is -0.306. The Kier molecular flexibility index (Phi) is 5.06. The van der Waals surface area contributed by atoms with E-state index in [1.165, 1.54) is 4.90 Å². The Bertz CT molecular complexity index is 823. The van der Waals surface area contributed by atoms with Crippen LogP contribution in [0.1, 0.15) is 17.3 Å². The molecule has 0 radical (unpaired) electrons. The Labute approximate surface area is 146 Å². The first kappa shape index (κ1) is 16.4. The van der Waals surface area contributed by atoms with Crippen LogP contribution in [0, 0.1) is 0 Å². The molecule has 3 nitrogen and oxygen atoms in total. The Morgan fingerprint density at radius 2 is 1.75 bits per heavy atom. The molecule has 4 heteroatoms. The maximum absolute atomic E-state index is 12.3. The van der Waals surface area contributed by atoms with E-state index in [1.54, 1.807) is 11.8 Å². The topological polar surface area (TPSA) is 42.1 Å². The smallest absolute Gasteiger partial charge is 0.340 e. The molecular formula is C20H19NO2S. The molecule has 0 aliphatic carbocycles. The Balaban J connectivity index is 2.06. The second-order valence-corrected chi connectivity index (χ2v) is 6.17. The number of carbonyl (C=O) groups excluding carboxylic acids is 1. The Morgan fingerprint density at radius 1 is 1.04 bits per heavy atom. The fraction of sp³-hybridized carbons (Fsp3) is 0.150. The van der Waals surface area contributed by atoms with E-state index in [9.17, 15) is 4.79 Å². The fourth-order valence-electron chi connectivity index (χ4n) is 2.58. The van der Waals surface area contributed by atoms with Gasteiger partial charge in [-0.15, -0.1) is 11.8 Å². The standard InChI is InChI=1S/C20H19NO2S/c1-3-23-20(22)17-13-18(14-9-11-16(24-2)12-10-14)21-19(17)15-7-5-4-6-8-15/h4-13,21H,3H2,1-2H3. The summed E-state index contributed by atoms with van der Waals surface area (Å²) in [7, 11) is 0. The minimum Gasteiger partial charge on any atom is -0.462 e. The summed E-state index contributed by atoms with van der Waals surface area (Å²) in [6.07, 6.45) is 2.05. The van der Waals surface area contributed by atoms with Crippen molar-refractivity contribution in [3.05, 3.63) is 66.2 Å². The van der Waals surface area contributed by atoms with Crippen LogP contribution in [0.25, 0.3) is 22.5 Å². The van der Waals surface area contributed by atoms with Crippen molar-refractivity contribution in [3.63, 3.8) is 0 Å². The first-order valence-electron chi connectivity index (χ1n) is 7.83. The average Bonchev–Trinajstić information content (AvgIpc) is 3.08. The van der Waals surface area contributed by atoms with Crippen LogP contribution in [0.3, 0.4) is 0 Å². The van der Waals surface area contributed by atoms with Crippen molar-refractivity contribution in [1.29, 1.82) is 0 Å². The Hall–Kier alpha value is -2.46. The van der Waals surface area contributed by atoms with Gasteiger partial charge in [-0.2, -0.15) is 0 Å². The zero-order chi connectivity index (χ0) is 16.9. The van der Waals surface area contributed by atoms with Gasteiger partial charge in [0.15, 0.2) is 0 Å². The maximum Gasteiger partial charge on any atom is 0.340 e. The molecule has 24 heavy (non-hydrogen) atoms. The van der Waals surface area contributed by atoms with Gasteiger partial charge < -0.3 is 9.72 Å². The van der Waals surface area contributed by atoms with Crippen molar-refractivity contribution >= 4 is 17.7 Å². The summed E-state index contributed by atoms with van der Waals surface area (Å²) in [6.45, 7) is 2.17. The van der Waals surface area contributed by atoms with Crippen molar-refractivity contribution in [1.82, 2.24) is 4.98 Å². The van der Waals surface area contributed by atoms with Crippen LogP contribution >= 0.6 is 11.8 Å². The minimum absolute atomic E-state index is 0.306. The fourth-order valence-corrected chi connectivity index (χ4v) is 2.99. The van der Waals surface area contributed by atoms with Crippen LogP contribution in [-0.2, 0) is 4.74 Å². The highest BCUT2D eigenvalue weighted by Gasteiger charge is 2.18. The van der Waals surface area contributed by atoms with E-state index >= 15 is 0 Å². The predicted molar refractivity (Wildman–Crippen MR) is 99.4 cm³/mol. The van der Waals surface area contributed by atoms with Crippen molar-refractivity contribution < 1.29 is 9.53 Å². The number of nitrogens with one attached hydrogen (secondary N) is 1. The zero-order valence-corrected chi connectivity index (χ0v) is 14.5. The van der Waals surface area contributed by atoms with E-state index in [0.717, 1.165) is 22.5 Å². The van der Waals surface area contributed by atoms with Crippen molar-refractivity contribution in [3.8, 4) is 22.5 Å². The normalized spacial score (nSPS) is 10.6. The van der Waals surface area contributed by atoms with Gasteiger partial charge >= 0.3 is 5.97 Å². The minimum atomic E-state index is -0.306. The largest absolute Gasteiger partial charge is 0.462 e. The van der Waals surface area contributed by atoms with Gasteiger partial charge in [-0.05, 0) is 42.5 Å². The number of H-pyrrole nitrogens is 1. The van der Waals surface area contributed by atoms with Crippen LogP contribution in [0.2, 0.25) is 0 Å². The molecule has 1 N–H and O–H groups in total. The molecule has 0 unspecified atom stereocenters. The van der Waals surface area contributed by atoms with Gasteiger partial charge in [-0.3, -0.25) is 0 Å². The Morgan fingerprint density at radius 3 is 2.38 bits per heavy atom. The number of benzene rings is 2. The summed E-state index contributed by atoms with van der Waals surface area (Å²) in [6, 6.07) is 20.0. The van der Waals surface area contributed by atoms with Crippen LogP contribution in [0.15, 0.2) is 65.6 Å². The molecule has 3 rings (SSSR count). The lowest BCUT2D eigenvalue weighted by atomic mass is 10.1. The first-order valence-corrected chi connectivity index (χ1v) is 9.05. The molecule has 122 valence electrons. The molecule has 0 saturated carbocycles. The van der Waals surface area contributed by atoms with E-state index in [-0.39, 0.29) is 5.97 Å².